The van der Waals surface area contributed by atoms with Gasteiger partial charge in [-0.2, -0.15) is 0 Å². The lowest BCUT2D eigenvalue weighted by Crippen LogP contribution is -1.81. The summed E-state index contributed by atoms with van der Waals surface area (Å²) in [5, 5.41) is 0. The van der Waals surface area contributed by atoms with E-state index in [1.54, 1.807) is 12.1 Å². The molecule has 104 valence electrons. The summed E-state index contributed by atoms with van der Waals surface area (Å²) in [6, 6.07) is 26.4. The summed E-state index contributed by atoms with van der Waals surface area (Å²) in [5.41, 5.74) is 2.75. The maximum atomic E-state index is 13.3. The number of hydrogen-bond acceptors (Lipinski definition) is 0. The summed E-state index contributed by atoms with van der Waals surface area (Å²) in [6.07, 6.45) is 1.83. The fourth-order valence-corrected chi connectivity index (χ4v) is 1.90. The van der Waals surface area contributed by atoms with Crippen LogP contribution < -0.4 is 0 Å². The van der Waals surface area contributed by atoms with E-state index in [2.05, 4.69) is 6.58 Å². The van der Waals surface area contributed by atoms with E-state index in [-0.39, 0.29) is 5.82 Å². The Hall–Kier alpha value is -2.67. The molecule has 3 aromatic rings. The van der Waals surface area contributed by atoms with Crippen molar-refractivity contribution in [3.63, 3.8) is 0 Å². The van der Waals surface area contributed by atoms with Gasteiger partial charge >= 0.3 is 0 Å². The van der Waals surface area contributed by atoms with E-state index in [1.807, 2.05) is 72.8 Å². The molecular formula is C20H17F. The van der Waals surface area contributed by atoms with Crippen molar-refractivity contribution in [1.29, 1.82) is 0 Å². The van der Waals surface area contributed by atoms with Crippen LogP contribution >= 0.6 is 0 Å². The van der Waals surface area contributed by atoms with Crippen molar-refractivity contribution in [3.05, 3.63) is 103 Å². The Labute approximate surface area is 125 Å². The van der Waals surface area contributed by atoms with E-state index in [0.717, 1.165) is 5.56 Å². The number of hydrogen-bond donors (Lipinski definition) is 0. The summed E-state index contributed by atoms with van der Waals surface area (Å²) in [7, 11) is 0. The van der Waals surface area contributed by atoms with E-state index in [1.165, 1.54) is 11.6 Å². The lowest BCUT2D eigenvalue weighted by molar-refractivity contribution is 0.631. The zero-order chi connectivity index (χ0) is 14.9. The summed E-state index contributed by atoms with van der Waals surface area (Å²) in [5.74, 6) is -0.172. The molecule has 0 unspecified atom stereocenters. The third kappa shape index (κ3) is 4.43. The first-order valence-electron chi connectivity index (χ1n) is 6.78. The fraction of sp³-hybridized carbons (Fsp3) is 0. The predicted molar refractivity (Wildman–Crippen MR) is 88.4 cm³/mol. The number of halogens is 1. The second-order valence-corrected chi connectivity index (χ2v) is 4.46. The monoisotopic (exact) mass is 276 g/mol. The van der Waals surface area contributed by atoms with Crippen LogP contribution in [0.2, 0.25) is 0 Å². The predicted octanol–water partition coefficient (Wildman–Crippen LogP) is 5.82. The molecule has 0 fully saturated rings. The molecule has 3 aromatic carbocycles. The van der Waals surface area contributed by atoms with Crippen LogP contribution in [0.25, 0.3) is 17.2 Å². The Morgan fingerprint density at radius 1 is 0.667 bits per heavy atom. The SMILES string of the molecule is C=Cc1ccccc1.Fc1ccccc1-c1ccccc1. The van der Waals surface area contributed by atoms with Gasteiger partial charge in [-0.25, -0.2) is 4.39 Å². The summed E-state index contributed by atoms with van der Waals surface area (Å²) in [6.45, 7) is 3.63. The normalized spacial score (nSPS) is 9.38. The molecule has 0 saturated carbocycles. The highest BCUT2D eigenvalue weighted by atomic mass is 19.1. The van der Waals surface area contributed by atoms with Gasteiger partial charge < -0.3 is 0 Å². The molecule has 0 aliphatic carbocycles. The summed E-state index contributed by atoms with van der Waals surface area (Å²) < 4.78 is 13.3. The van der Waals surface area contributed by atoms with Crippen molar-refractivity contribution in [2.75, 3.05) is 0 Å². The van der Waals surface area contributed by atoms with Crippen LogP contribution in [0.15, 0.2) is 91.5 Å². The molecule has 0 aromatic heterocycles. The van der Waals surface area contributed by atoms with Crippen molar-refractivity contribution in [3.8, 4) is 11.1 Å². The van der Waals surface area contributed by atoms with Crippen LogP contribution in [-0.4, -0.2) is 0 Å². The van der Waals surface area contributed by atoms with Crippen molar-refractivity contribution in [1.82, 2.24) is 0 Å². The second kappa shape index (κ2) is 7.81. The molecule has 3 rings (SSSR count). The zero-order valence-electron chi connectivity index (χ0n) is 11.7. The molecule has 0 aliphatic heterocycles. The molecule has 0 atom stereocenters. The van der Waals surface area contributed by atoms with Gasteiger partial charge in [0, 0.05) is 5.56 Å². The van der Waals surface area contributed by atoms with Gasteiger partial charge in [0.15, 0.2) is 0 Å². The van der Waals surface area contributed by atoms with Crippen molar-refractivity contribution < 1.29 is 4.39 Å². The molecule has 0 saturated heterocycles. The van der Waals surface area contributed by atoms with Gasteiger partial charge in [-0.1, -0.05) is 91.5 Å². The van der Waals surface area contributed by atoms with Crippen LogP contribution in [0, 0.1) is 5.82 Å². The summed E-state index contributed by atoms with van der Waals surface area (Å²) in [4.78, 5) is 0. The smallest absolute Gasteiger partial charge is 0.131 e. The minimum absolute atomic E-state index is 0.172. The maximum absolute atomic E-state index is 13.3. The van der Waals surface area contributed by atoms with E-state index < -0.39 is 0 Å². The third-order valence-corrected chi connectivity index (χ3v) is 2.99. The first kappa shape index (κ1) is 14.7. The highest BCUT2D eigenvalue weighted by Crippen LogP contribution is 2.21. The van der Waals surface area contributed by atoms with Crippen molar-refractivity contribution in [2.45, 2.75) is 0 Å². The molecule has 0 nitrogen and oxygen atoms in total. The average molecular weight is 276 g/mol. The quantitative estimate of drug-likeness (QED) is 0.553. The molecule has 0 amide bonds. The van der Waals surface area contributed by atoms with E-state index >= 15 is 0 Å². The topological polar surface area (TPSA) is 0 Å². The van der Waals surface area contributed by atoms with Gasteiger partial charge in [0.05, 0.1) is 0 Å². The Morgan fingerprint density at radius 2 is 1.19 bits per heavy atom. The van der Waals surface area contributed by atoms with Crippen LogP contribution in [0.1, 0.15) is 5.56 Å². The largest absolute Gasteiger partial charge is 0.206 e. The molecule has 0 spiro atoms. The van der Waals surface area contributed by atoms with Gasteiger partial charge in [-0.05, 0) is 17.2 Å². The zero-order valence-corrected chi connectivity index (χ0v) is 11.7. The lowest BCUT2D eigenvalue weighted by Gasteiger charge is -2.01. The minimum atomic E-state index is -0.172. The maximum Gasteiger partial charge on any atom is 0.131 e. The van der Waals surface area contributed by atoms with Gasteiger partial charge in [-0.15, -0.1) is 0 Å². The minimum Gasteiger partial charge on any atom is -0.206 e. The molecule has 1 heteroatoms. The van der Waals surface area contributed by atoms with Gasteiger partial charge in [-0.3, -0.25) is 0 Å². The molecule has 0 aliphatic rings. The van der Waals surface area contributed by atoms with Crippen LogP contribution in [0.5, 0.6) is 0 Å². The van der Waals surface area contributed by atoms with Crippen molar-refractivity contribution in [2.24, 2.45) is 0 Å². The number of benzene rings is 3. The molecular weight excluding hydrogens is 259 g/mol. The third-order valence-electron chi connectivity index (χ3n) is 2.99. The first-order valence-corrected chi connectivity index (χ1v) is 6.78. The second-order valence-electron chi connectivity index (χ2n) is 4.46. The average Bonchev–Trinajstić information content (AvgIpc) is 2.57. The fourth-order valence-electron chi connectivity index (χ4n) is 1.90. The number of rotatable bonds is 2. The Balaban J connectivity index is 0.000000173. The molecule has 21 heavy (non-hydrogen) atoms. The molecule has 0 N–H and O–H groups in total. The first-order chi connectivity index (χ1) is 10.3. The van der Waals surface area contributed by atoms with Crippen LogP contribution in [0.4, 0.5) is 4.39 Å². The standard InChI is InChI=1S/C12H9F.C8H8/c13-12-9-5-4-8-11(12)10-6-2-1-3-7-10;1-2-8-6-4-3-5-7-8/h1-9H;2-7H,1H2. The summed E-state index contributed by atoms with van der Waals surface area (Å²) >= 11 is 0. The Kier molecular flexibility index (Phi) is 5.48. The van der Waals surface area contributed by atoms with Crippen LogP contribution in [-0.2, 0) is 0 Å². The highest BCUT2D eigenvalue weighted by Gasteiger charge is 2.01. The van der Waals surface area contributed by atoms with Gasteiger partial charge in [0.2, 0.25) is 0 Å². The highest BCUT2D eigenvalue weighted by molar-refractivity contribution is 5.63. The van der Waals surface area contributed by atoms with Gasteiger partial charge in [0.1, 0.15) is 5.82 Å². The van der Waals surface area contributed by atoms with E-state index in [0.29, 0.717) is 5.56 Å². The Morgan fingerprint density at radius 3 is 1.71 bits per heavy atom. The van der Waals surface area contributed by atoms with Crippen LogP contribution in [0.3, 0.4) is 0 Å². The molecule has 0 heterocycles. The lowest BCUT2D eigenvalue weighted by atomic mass is 10.1. The molecule has 0 bridgehead atoms. The van der Waals surface area contributed by atoms with Gasteiger partial charge in [0.25, 0.3) is 0 Å². The van der Waals surface area contributed by atoms with Crippen molar-refractivity contribution >= 4 is 6.08 Å². The van der Waals surface area contributed by atoms with E-state index in [4.69, 9.17) is 0 Å². The van der Waals surface area contributed by atoms with E-state index in [9.17, 15) is 4.39 Å². The Bertz CT molecular complexity index is 672. The molecule has 0 radical (unpaired) electrons.